The number of nitrogens with one attached hydrogen (secondary N) is 1. The van der Waals surface area contributed by atoms with Gasteiger partial charge in [0.2, 0.25) is 0 Å². The Labute approximate surface area is 121 Å². The summed E-state index contributed by atoms with van der Waals surface area (Å²) in [5.74, 6) is 0. The maximum Gasteiger partial charge on any atom is 0.271 e. The lowest BCUT2D eigenvalue weighted by molar-refractivity contribution is 0.200. The van der Waals surface area contributed by atoms with Gasteiger partial charge in [0.1, 0.15) is 15.2 Å². The number of para-hydroxylation sites is 1. The first kappa shape index (κ1) is 14.5. The molecule has 20 heavy (non-hydrogen) atoms. The van der Waals surface area contributed by atoms with E-state index in [0.717, 1.165) is 11.3 Å². The number of thiophene rings is 1. The van der Waals surface area contributed by atoms with E-state index in [2.05, 4.69) is 4.72 Å². The number of hydrogen-bond acceptors (Lipinski definition) is 5. The molecule has 2 N–H and O–H groups in total. The zero-order chi connectivity index (χ0) is 14.8. The molecule has 1 heterocycles. The molecule has 5 nitrogen and oxygen atoms in total. The Kier molecular flexibility index (Phi) is 4.09. The van der Waals surface area contributed by atoms with Crippen molar-refractivity contribution in [1.29, 1.82) is 5.26 Å². The smallest absolute Gasteiger partial charge is 0.271 e. The third kappa shape index (κ3) is 2.99. The fraction of sp³-hybridized carbons (Fsp3) is 0.154. The monoisotopic (exact) mass is 308 g/mol. The van der Waals surface area contributed by atoms with Crippen LogP contribution in [0.3, 0.4) is 0 Å². The Morgan fingerprint density at radius 3 is 2.60 bits per heavy atom. The molecule has 1 aromatic carbocycles. The van der Waals surface area contributed by atoms with Gasteiger partial charge in [0, 0.05) is 5.56 Å². The number of sulfonamides is 1. The molecule has 0 saturated heterocycles. The SMILES string of the molecule is CC(O)c1ccccc1NS(=O)(=O)c1ccc(C#N)s1. The van der Waals surface area contributed by atoms with Crippen molar-refractivity contribution in [2.45, 2.75) is 17.2 Å². The topological polar surface area (TPSA) is 90.2 Å². The fourth-order valence-corrected chi connectivity index (χ4v) is 3.86. The molecular formula is C13H12N2O3S2. The van der Waals surface area contributed by atoms with Crippen LogP contribution >= 0.6 is 11.3 Å². The molecule has 0 aliphatic carbocycles. The lowest BCUT2D eigenvalue weighted by atomic mass is 10.1. The number of aliphatic hydroxyl groups is 1. The minimum Gasteiger partial charge on any atom is -0.389 e. The van der Waals surface area contributed by atoms with Crippen molar-refractivity contribution in [2.24, 2.45) is 0 Å². The van der Waals surface area contributed by atoms with E-state index in [9.17, 15) is 13.5 Å². The van der Waals surface area contributed by atoms with Gasteiger partial charge in [0.05, 0.1) is 11.8 Å². The summed E-state index contributed by atoms with van der Waals surface area (Å²) in [5.41, 5.74) is 0.822. The average molecular weight is 308 g/mol. The molecule has 0 fully saturated rings. The van der Waals surface area contributed by atoms with Gasteiger partial charge in [0.25, 0.3) is 10.0 Å². The van der Waals surface area contributed by atoms with Gasteiger partial charge in [-0.15, -0.1) is 11.3 Å². The maximum atomic E-state index is 12.2. The van der Waals surface area contributed by atoms with Crippen LogP contribution in [0.15, 0.2) is 40.6 Å². The van der Waals surface area contributed by atoms with E-state index in [1.807, 2.05) is 6.07 Å². The molecule has 0 aliphatic heterocycles. The highest BCUT2D eigenvalue weighted by Gasteiger charge is 2.19. The Balaban J connectivity index is 2.36. The minimum atomic E-state index is -3.75. The summed E-state index contributed by atoms with van der Waals surface area (Å²) in [6.07, 6.45) is -0.785. The van der Waals surface area contributed by atoms with E-state index < -0.39 is 16.1 Å². The van der Waals surface area contributed by atoms with Crippen LogP contribution in [0, 0.1) is 11.3 Å². The maximum absolute atomic E-state index is 12.2. The summed E-state index contributed by atoms with van der Waals surface area (Å²) in [7, 11) is -3.75. The number of benzene rings is 1. The summed E-state index contributed by atoms with van der Waals surface area (Å²) in [4.78, 5) is 0.328. The fourth-order valence-electron chi connectivity index (χ4n) is 1.67. The molecule has 1 unspecified atom stereocenters. The number of rotatable bonds is 4. The van der Waals surface area contributed by atoms with Crippen LogP contribution in [0.1, 0.15) is 23.5 Å². The van der Waals surface area contributed by atoms with Gasteiger partial charge in [-0.3, -0.25) is 4.72 Å². The minimum absolute atomic E-state index is 0.0643. The molecular weight excluding hydrogens is 296 g/mol. The van der Waals surface area contributed by atoms with Gasteiger partial charge in [0.15, 0.2) is 0 Å². The lowest BCUT2D eigenvalue weighted by Crippen LogP contribution is -2.13. The van der Waals surface area contributed by atoms with E-state index in [1.54, 1.807) is 31.2 Å². The number of nitriles is 1. The van der Waals surface area contributed by atoms with Crippen LogP contribution in [-0.4, -0.2) is 13.5 Å². The number of anilines is 1. The number of nitrogens with zero attached hydrogens (tertiary/aromatic N) is 1. The predicted octanol–water partition coefficient (Wildman–Crippen LogP) is 2.47. The largest absolute Gasteiger partial charge is 0.389 e. The van der Waals surface area contributed by atoms with Crippen LogP contribution in [0.2, 0.25) is 0 Å². The van der Waals surface area contributed by atoms with Crippen molar-refractivity contribution in [1.82, 2.24) is 0 Å². The van der Waals surface area contributed by atoms with Crippen LogP contribution in [0.5, 0.6) is 0 Å². The molecule has 104 valence electrons. The molecule has 0 saturated carbocycles. The first-order chi connectivity index (χ1) is 9.44. The van der Waals surface area contributed by atoms with Crippen LogP contribution < -0.4 is 4.72 Å². The molecule has 0 amide bonds. The van der Waals surface area contributed by atoms with Gasteiger partial charge in [-0.05, 0) is 25.1 Å². The van der Waals surface area contributed by atoms with Crippen molar-refractivity contribution in [3.63, 3.8) is 0 Å². The summed E-state index contributed by atoms with van der Waals surface area (Å²) < 4.78 is 26.9. The molecule has 0 aliphatic rings. The normalized spacial score (nSPS) is 12.7. The van der Waals surface area contributed by atoms with Crippen LogP contribution in [-0.2, 0) is 10.0 Å². The Morgan fingerprint density at radius 2 is 2.00 bits per heavy atom. The van der Waals surface area contributed by atoms with Crippen molar-refractivity contribution in [3.8, 4) is 6.07 Å². The molecule has 1 atom stereocenters. The second kappa shape index (κ2) is 5.63. The van der Waals surface area contributed by atoms with Crippen LogP contribution in [0.4, 0.5) is 5.69 Å². The molecule has 0 spiro atoms. The van der Waals surface area contributed by atoms with Gasteiger partial charge < -0.3 is 5.11 Å². The van der Waals surface area contributed by atoms with E-state index in [1.165, 1.54) is 12.1 Å². The van der Waals surface area contributed by atoms with E-state index in [-0.39, 0.29) is 4.21 Å². The van der Waals surface area contributed by atoms with Crippen molar-refractivity contribution < 1.29 is 13.5 Å². The molecule has 7 heteroatoms. The third-order valence-corrected chi connectivity index (χ3v) is 5.46. The molecule has 0 bridgehead atoms. The van der Waals surface area contributed by atoms with Crippen molar-refractivity contribution in [3.05, 3.63) is 46.8 Å². The first-order valence-corrected chi connectivity index (χ1v) is 8.04. The van der Waals surface area contributed by atoms with Gasteiger partial charge in [-0.2, -0.15) is 5.26 Å². The van der Waals surface area contributed by atoms with Crippen LogP contribution in [0.25, 0.3) is 0 Å². The highest BCUT2D eigenvalue weighted by atomic mass is 32.2. The van der Waals surface area contributed by atoms with E-state index >= 15 is 0 Å². The molecule has 2 rings (SSSR count). The standard InChI is InChI=1S/C13H12N2O3S2/c1-9(16)11-4-2-3-5-12(11)15-20(17,18)13-7-6-10(8-14)19-13/h2-7,9,15-16H,1H3. The molecule has 1 aromatic heterocycles. The molecule has 0 radical (unpaired) electrons. The highest BCUT2D eigenvalue weighted by molar-refractivity contribution is 7.94. The highest BCUT2D eigenvalue weighted by Crippen LogP contribution is 2.27. The second-order valence-electron chi connectivity index (χ2n) is 4.10. The predicted molar refractivity (Wildman–Crippen MR) is 76.9 cm³/mol. The summed E-state index contributed by atoms with van der Waals surface area (Å²) in [6, 6.07) is 11.4. The summed E-state index contributed by atoms with van der Waals surface area (Å²) >= 11 is 0.899. The number of aliphatic hydroxyl groups excluding tert-OH is 1. The lowest BCUT2D eigenvalue weighted by Gasteiger charge is -2.13. The van der Waals surface area contributed by atoms with Gasteiger partial charge in [-0.25, -0.2) is 8.42 Å². The van der Waals surface area contributed by atoms with Gasteiger partial charge in [-0.1, -0.05) is 18.2 Å². The average Bonchev–Trinajstić information content (AvgIpc) is 2.88. The third-order valence-electron chi connectivity index (χ3n) is 2.61. The summed E-state index contributed by atoms with van der Waals surface area (Å²) in [6.45, 7) is 1.56. The Morgan fingerprint density at radius 1 is 1.30 bits per heavy atom. The van der Waals surface area contributed by atoms with E-state index in [0.29, 0.717) is 16.1 Å². The van der Waals surface area contributed by atoms with E-state index in [4.69, 9.17) is 5.26 Å². The summed E-state index contributed by atoms with van der Waals surface area (Å²) in [5, 5.41) is 18.4. The quantitative estimate of drug-likeness (QED) is 0.908. The Hall–Kier alpha value is -1.88. The van der Waals surface area contributed by atoms with Gasteiger partial charge >= 0.3 is 0 Å². The first-order valence-electron chi connectivity index (χ1n) is 5.74. The zero-order valence-corrected chi connectivity index (χ0v) is 12.2. The second-order valence-corrected chi connectivity index (χ2v) is 7.09. The van der Waals surface area contributed by atoms with Crippen molar-refractivity contribution in [2.75, 3.05) is 4.72 Å². The number of hydrogen-bond donors (Lipinski definition) is 2. The van der Waals surface area contributed by atoms with Crippen molar-refractivity contribution >= 4 is 27.0 Å². The Bertz CT molecular complexity index is 758. The molecule has 2 aromatic rings. The zero-order valence-electron chi connectivity index (χ0n) is 10.6.